The van der Waals surface area contributed by atoms with Gasteiger partial charge in [-0.05, 0) is 69.7 Å². The zero-order valence-electron chi connectivity index (χ0n) is 24.0. The molecule has 41 heavy (non-hydrogen) atoms. The summed E-state index contributed by atoms with van der Waals surface area (Å²) in [4.78, 5) is 28.4. The number of amides is 2. The van der Waals surface area contributed by atoms with Crippen LogP contribution in [-0.4, -0.2) is 57.5 Å². The van der Waals surface area contributed by atoms with Crippen LogP contribution in [0, 0.1) is 5.82 Å². The topological polar surface area (TPSA) is 105 Å². The van der Waals surface area contributed by atoms with Crippen molar-refractivity contribution in [2.24, 2.45) is 0 Å². The van der Waals surface area contributed by atoms with Gasteiger partial charge >= 0.3 is 0 Å². The van der Waals surface area contributed by atoms with Gasteiger partial charge in [-0.25, -0.2) is 12.8 Å². The highest BCUT2D eigenvalue weighted by Crippen LogP contribution is 2.34. The van der Waals surface area contributed by atoms with E-state index in [1.807, 2.05) is 20.8 Å². The number of nitrogens with one attached hydrogen (secondary N) is 1. The number of hydrogen-bond acceptors (Lipinski definition) is 6. The molecule has 0 heterocycles. The van der Waals surface area contributed by atoms with Gasteiger partial charge < -0.3 is 19.7 Å². The molecule has 0 aliphatic rings. The zero-order chi connectivity index (χ0) is 30.4. The quantitative estimate of drug-likeness (QED) is 0.358. The molecular weight excluding hydrogens is 549 g/mol. The van der Waals surface area contributed by atoms with Gasteiger partial charge in [0, 0.05) is 18.2 Å². The normalized spacial score (nSPS) is 12.3. The number of sulfonamides is 1. The maximum Gasteiger partial charge on any atom is 0.264 e. The number of halogens is 1. The highest BCUT2D eigenvalue weighted by atomic mass is 32.2. The zero-order valence-corrected chi connectivity index (χ0v) is 24.9. The third kappa shape index (κ3) is 7.97. The van der Waals surface area contributed by atoms with Gasteiger partial charge in [-0.3, -0.25) is 13.9 Å². The molecule has 0 bridgehead atoms. The van der Waals surface area contributed by atoms with Crippen LogP contribution in [0.15, 0.2) is 77.7 Å². The summed E-state index contributed by atoms with van der Waals surface area (Å²) < 4.78 is 53.0. The Morgan fingerprint density at radius 2 is 1.54 bits per heavy atom. The molecule has 220 valence electrons. The molecule has 0 saturated heterocycles. The van der Waals surface area contributed by atoms with E-state index in [4.69, 9.17) is 9.47 Å². The van der Waals surface area contributed by atoms with Crippen LogP contribution in [0.3, 0.4) is 0 Å². The van der Waals surface area contributed by atoms with Crippen LogP contribution in [0.2, 0.25) is 0 Å². The van der Waals surface area contributed by atoms with Crippen LogP contribution in [0.4, 0.5) is 10.1 Å². The standard InChI is InChI=1S/C30H36FN3O6S/c1-21(29(36)32-30(2,3)4)33(19-22-12-14-23(31)15-13-22)28(35)20-34(41(37,38)25-10-8-7-9-11-25)24-16-17-26(39-5)27(18-24)40-6/h7-18,21H,19-20H2,1-6H3,(H,32,36)/t21-/m1/s1. The molecule has 0 unspecified atom stereocenters. The van der Waals surface area contributed by atoms with E-state index < -0.39 is 45.8 Å². The summed E-state index contributed by atoms with van der Waals surface area (Å²) in [5, 5.41) is 2.86. The molecule has 0 saturated carbocycles. The van der Waals surface area contributed by atoms with Crippen LogP contribution in [0.5, 0.6) is 11.5 Å². The van der Waals surface area contributed by atoms with Gasteiger partial charge in [-0.15, -0.1) is 0 Å². The van der Waals surface area contributed by atoms with Crippen molar-refractivity contribution in [2.45, 2.75) is 50.7 Å². The van der Waals surface area contributed by atoms with E-state index in [0.29, 0.717) is 11.3 Å². The van der Waals surface area contributed by atoms with E-state index >= 15 is 0 Å². The Kier molecular flexibility index (Phi) is 9.98. The number of benzene rings is 3. The van der Waals surface area contributed by atoms with Crippen molar-refractivity contribution in [3.8, 4) is 11.5 Å². The molecule has 11 heteroatoms. The first kappa shape index (κ1) is 31.4. The summed E-state index contributed by atoms with van der Waals surface area (Å²) >= 11 is 0. The number of ether oxygens (including phenoxy) is 2. The Morgan fingerprint density at radius 3 is 2.10 bits per heavy atom. The molecule has 0 aliphatic carbocycles. The molecule has 2 amide bonds. The minimum absolute atomic E-state index is 0.0220. The fraction of sp³-hybridized carbons (Fsp3) is 0.333. The molecule has 0 fully saturated rings. The smallest absolute Gasteiger partial charge is 0.264 e. The van der Waals surface area contributed by atoms with Gasteiger partial charge in [-0.1, -0.05) is 30.3 Å². The van der Waals surface area contributed by atoms with Crippen molar-refractivity contribution in [3.05, 3.63) is 84.2 Å². The van der Waals surface area contributed by atoms with Crippen LogP contribution in [-0.2, 0) is 26.2 Å². The van der Waals surface area contributed by atoms with Gasteiger partial charge in [0.15, 0.2) is 11.5 Å². The second kappa shape index (κ2) is 13.0. The Labute approximate surface area is 240 Å². The Balaban J connectivity index is 2.08. The van der Waals surface area contributed by atoms with Crippen LogP contribution >= 0.6 is 0 Å². The van der Waals surface area contributed by atoms with E-state index in [1.165, 1.54) is 67.7 Å². The molecule has 0 spiro atoms. The number of anilines is 1. The van der Waals surface area contributed by atoms with Crippen LogP contribution in [0.1, 0.15) is 33.3 Å². The lowest BCUT2D eigenvalue weighted by Crippen LogP contribution is -2.54. The summed E-state index contributed by atoms with van der Waals surface area (Å²) in [5.74, 6) is -0.854. The minimum atomic E-state index is -4.24. The minimum Gasteiger partial charge on any atom is -0.493 e. The van der Waals surface area contributed by atoms with Crippen molar-refractivity contribution in [1.29, 1.82) is 0 Å². The first-order valence-electron chi connectivity index (χ1n) is 12.9. The molecule has 9 nitrogen and oxygen atoms in total. The number of nitrogens with zero attached hydrogens (tertiary/aromatic N) is 2. The van der Waals surface area contributed by atoms with E-state index in [0.717, 1.165) is 4.31 Å². The molecule has 0 aliphatic heterocycles. The van der Waals surface area contributed by atoms with E-state index in [9.17, 15) is 22.4 Å². The molecule has 0 radical (unpaired) electrons. The van der Waals surface area contributed by atoms with E-state index in [1.54, 1.807) is 31.2 Å². The van der Waals surface area contributed by atoms with Crippen molar-refractivity contribution in [1.82, 2.24) is 10.2 Å². The third-order valence-electron chi connectivity index (χ3n) is 6.20. The summed E-state index contributed by atoms with van der Waals surface area (Å²) in [6.45, 7) is 6.33. The summed E-state index contributed by atoms with van der Waals surface area (Å²) in [7, 11) is -1.37. The van der Waals surface area contributed by atoms with Gasteiger partial charge in [0.25, 0.3) is 10.0 Å². The van der Waals surface area contributed by atoms with Crippen molar-refractivity contribution in [2.75, 3.05) is 25.1 Å². The number of hydrogen-bond donors (Lipinski definition) is 1. The average molecular weight is 586 g/mol. The van der Waals surface area contributed by atoms with Crippen LogP contribution < -0.4 is 19.1 Å². The van der Waals surface area contributed by atoms with Crippen molar-refractivity contribution >= 4 is 27.5 Å². The number of carbonyl (C=O) groups excluding carboxylic acids is 2. The van der Waals surface area contributed by atoms with Crippen molar-refractivity contribution < 1.29 is 31.9 Å². The number of methoxy groups -OCH3 is 2. The fourth-order valence-electron chi connectivity index (χ4n) is 4.07. The Morgan fingerprint density at radius 1 is 0.927 bits per heavy atom. The molecule has 3 aromatic rings. The largest absolute Gasteiger partial charge is 0.493 e. The molecule has 1 atom stereocenters. The summed E-state index contributed by atoms with van der Waals surface area (Å²) in [5.41, 5.74) is 0.158. The maximum atomic E-state index is 14.0. The SMILES string of the molecule is COc1ccc(N(CC(=O)N(Cc2ccc(F)cc2)[C@H](C)C(=O)NC(C)(C)C)S(=O)(=O)c2ccccc2)cc1OC. The van der Waals surface area contributed by atoms with Crippen LogP contribution in [0.25, 0.3) is 0 Å². The van der Waals surface area contributed by atoms with Crippen molar-refractivity contribution in [3.63, 3.8) is 0 Å². The molecule has 0 aromatic heterocycles. The average Bonchev–Trinajstić information content (AvgIpc) is 2.94. The lowest BCUT2D eigenvalue weighted by Gasteiger charge is -2.33. The molecule has 3 rings (SSSR count). The van der Waals surface area contributed by atoms with Gasteiger partial charge in [0.1, 0.15) is 18.4 Å². The number of carbonyl (C=O) groups is 2. The lowest BCUT2D eigenvalue weighted by molar-refractivity contribution is -0.140. The molecule has 1 N–H and O–H groups in total. The Bertz CT molecular complexity index is 1460. The summed E-state index contributed by atoms with van der Waals surface area (Å²) in [6.07, 6.45) is 0. The lowest BCUT2D eigenvalue weighted by atomic mass is 10.1. The fourth-order valence-corrected chi connectivity index (χ4v) is 5.50. The Hall–Kier alpha value is -4.12. The first-order valence-corrected chi connectivity index (χ1v) is 14.4. The molecule has 3 aromatic carbocycles. The van der Waals surface area contributed by atoms with E-state index in [-0.39, 0.29) is 22.9 Å². The maximum absolute atomic E-state index is 14.0. The predicted molar refractivity (Wildman–Crippen MR) is 155 cm³/mol. The highest BCUT2D eigenvalue weighted by Gasteiger charge is 2.33. The monoisotopic (exact) mass is 585 g/mol. The number of rotatable bonds is 11. The second-order valence-corrected chi connectivity index (χ2v) is 12.3. The van der Waals surface area contributed by atoms with Gasteiger partial charge in [-0.2, -0.15) is 0 Å². The second-order valence-electron chi connectivity index (χ2n) is 10.4. The molecular formula is C30H36FN3O6S. The predicted octanol–water partition coefficient (Wildman–Crippen LogP) is 4.37. The third-order valence-corrected chi connectivity index (χ3v) is 7.98. The summed E-state index contributed by atoms with van der Waals surface area (Å²) in [6, 6.07) is 16.8. The van der Waals surface area contributed by atoms with Gasteiger partial charge in [0.05, 0.1) is 24.8 Å². The first-order chi connectivity index (χ1) is 19.3. The van der Waals surface area contributed by atoms with Gasteiger partial charge in [0.2, 0.25) is 11.8 Å². The highest BCUT2D eigenvalue weighted by molar-refractivity contribution is 7.92. The van der Waals surface area contributed by atoms with E-state index in [2.05, 4.69) is 5.32 Å².